The Hall–Kier alpha value is -0.870. The molecule has 0 aromatic carbocycles. The molecule has 0 rings (SSSR count). The van der Waals surface area contributed by atoms with E-state index in [9.17, 15) is 4.79 Å². The van der Waals surface area contributed by atoms with Gasteiger partial charge < -0.3 is 14.9 Å². The van der Waals surface area contributed by atoms with Crippen molar-refractivity contribution in [1.82, 2.24) is 0 Å². The Balaban J connectivity index is 3.46. The molecule has 0 fully saturated rings. The lowest BCUT2D eigenvalue weighted by Gasteiger charge is -2.07. The highest BCUT2D eigenvalue weighted by molar-refractivity contribution is 5.81. The first-order valence-electron chi connectivity index (χ1n) is 2.82. The standard InChI is InChI=1S/C6H10O4/c1-2-5(8)10-6(9)3-4-7/h2,6-7,9H,1,3-4H2. The van der Waals surface area contributed by atoms with Crippen molar-refractivity contribution >= 4 is 5.97 Å². The van der Waals surface area contributed by atoms with Crippen LogP contribution in [0.1, 0.15) is 6.42 Å². The van der Waals surface area contributed by atoms with Crippen molar-refractivity contribution in [2.45, 2.75) is 12.7 Å². The number of esters is 1. The maximum Gasteiger partial charge on any atom is 0.332 e. The quantitative estimate of drug-likeness (QED) is 0.316. The van der Waals surface area contributed by atoms with Crippen LogP contribution in [0.15, 0.2) is 12.7 Å². The van der Waals surface area contributed by atoms with Crippen LogP contribution in [0, 0.1) is 0 Å². The first kappa shape index (κ1) is 9.13. The predicted molar refractivity (Wildman–Crippen MR) is 34.0 cm³/mol. The fourth-order valence-corrected chi connectivity index (χ4v) is 0.352. The van der Waals surface area contributed by atoms with E-state index in [-0.39, 0.29) is 13.0 Å². The third-order valence-corrected chi connectivity index (χ3v) is 0.795. The van der Waals surface area contributed by atoms with Gasteiger partial charge in [0.15, 0.2) is 0 Å². The summed E-state index contributed by atoms with van der Waals surface area (Å²) in [6.07, 6.45) is -0.254. The maximum absolute atomic E-state index is 10.3. The van der Waals surface area contributed by atoms with E-state index in [1.165, 1.54) is 0 Å². The van der Waals surface area contributed by atoms with Crippen molar-refractivity contribution in [2.75, 3.05) is 6.61 Å². The Labute approximate surface area is 58.7 Å². The summed E-state index contributed by atoms with van der Waals surface area (Å²) in [4.78, 5) is 10.3. The zero-order valence-corrected chi connectivity index (χ0v) is 5.49. The smallest absolute Gasteiger partial charge is 0.332 e. The largest absolute Gasteiger partial charge is 0.433 e. The predicted octanol–water partition coefficient (Wildman–Crippen LogP) is -0.584. The summed E-state index contributed by atoms with van der Waals surface area (Å²) in [5.41, 5.74) is 0. The molecule has 0 saturated heterocycles. The fourth-order valence-electron chi connectivity index (χ4n) is 0.352. The second kappa shape index (κ2) is 4.96. The van der Waals surface area contributed by atoms with Gasteiger partial charge in [0, 0.05) is 19.1 Å². The topological polar surface area (TPSA) is 66.8 Å². The van der Waals surface area contributed by atoms with E-state index in [1.54, 1.807) is 0 Å². The Morgan fingerprint density at radius 1 is 1.80 bits per heavy atom. The molecule has 0 aliphatic carbocycles. The minimum atomic E-state index is -1.23. The number of ether oxygens (including phenoxy) is 1. The number of aliphatic hydroxyl groups is 2. The molecule has 10 heavy (non-hydrogen) atoms. The maximum atomic E-state index is 10.3. The van der Waals surface area contributed by atoms with Gasteiger partial charge in [0.1, 0.15) is 0 Å². The van der Waals surface area contributed by atoms with Crippen molar-refractivity contribution in [1.29, 1.82) is 0 Å². The van der Waals surface area contributed by atoms with Crippen LogP contribution in [0.2, 0.25) is 0 Å². The number of aliphatic hydroxyl groups excluding tert-OH is 2. The Bertz CT molecular complexity index is 121. The zero-order chi connectivity index (χ0) is 7.98. The van der Waals surface area contributed by atoms with Crippen LogP contribution in [0.3, 0.4) is 0 Å². The van der Waals surface area contributed by atoms with Gasteiger partial charge in [-0.1, -0.05) is 6.58 Å². The molecule has 4 heteroatoms. The number of carbonyl (C=O) groups excluding carboxylic acids is 1. The van der Waals surface area contributed by atoms with E-state index in [1.807, 2.05) is 0 Å². The van der Waals surface area contributed by atoms with Crippen LogP contribution in [-0.2, 0) is 9.53 Å². The van der Waals surface area contributed by atoms with Gasteiger partial charge in [-0.15, -0.1) is 0 Å². The van der Waals surface area contributed by atoms with Gasteiger partial charge in [0.25, 0.3) is 0 Å². The molecule has 0 aromatic rings. The molecule has 0 bridgehead atoms. The molecule has 0 heterocycles. The molecule has 1 atom stereocenters. The van der Waals surface area contributed by atoms with Crippen molar-refractivity contribution in [3.8, 4) is 0 Å². The highest BCUT2D eigenvalue weighted by atomic mass is 16.6. The molecule has 0 spiro atoms. The number of carbonyl (C=O) groups is 1. The molecule has 0 aliphatic rings. The molecular formula is C6H10O4. The lowest BCUT2D eigenvalue weighted by atomic mass is 10.4. The van der Waals surface area contributed by atoms with Crippen molar-refractivity contribution in [3.63, 3.8) is 0 Å². The molecule has 1 unspecified atom stereocenters. The first-order valence-corrected chi connectivity index (χ1v) is 2.82. The van der Waals surface area contributed by atoms with Gasteiger partial charge in [0.05, 0.1) is 0 Å². The van der Waals surface area contributed by atoms with Crippen molar-refractivity contribution in [3.05, 3.63) is 12.7 Å². The number of hydrogen-bond donors (Lipinski definition) is 2. The first-order chi connectivity index (χ1) is 4.70. The van der Waals surface area contributed by atoms with E-state index in [4.69, 9.17) is 10.2 Å². The van der Waals surface area contributed by atoms with E-state index >= 15 is 0 Å². The Kier molecular flexibility index (Phi) is 4.53. The summed E-state index contributed by atoms with van der Waals surface area (Å²) in [6.45, 7) is 2.91. The van der Waals surface area contributed by atoms with Gasteiger partial charge in [0.2, 0.25) is 6.29 Å². The lowest BCUT2D eigenvalue weighted by Crippen LogP contribution is -2.16. The van der Waals surface area contributed by atoms with E-state index in [0.717, 1.165) is 6.08 Å². The normalized spacial score (nSPS) is 12.2. The summed E-state index contributed by atoms with van der Waals surface area (Å²) >= 11 is 0. The summed E-state index contributed by atoms with van der Waals surface area (Å²) in [5.74, 6) is -0.694. The van der Waals surface area contributed by atoms with Gasteiger partial charge in [-0.25, -0.2) is 4.79 Å². The summed E-state index contributed by atoms with van der Waals surface area (Å²) in [7, 11) is 0. The molecule has 0 amide bonds. The summed E-state index contributed by atoms with van der Waals surface area (Å²) < 4.78 is 4.28. The van der Waals surface area contributed by atoms with Crippen LogP contribution in [0.25, 0.3) is 0 Å². The molecular weight excluding hydrogens is 136 g/mol. The van der Waals surface area contributed by atoms with Crippen LogP contribution in [0.4, 0.5) is 0 Å². The average Bonchev–Trinajstić information content (AvgIpc) is 1.88. The molecule has 2 N–H and O–H groups in total. The van der Waals surface area contributed by atoms with Crippen LogP contribution in [0.5, 0.6) is 0 Å². The number of hydrogen-bond acceptors (Lipinski definition) is 4. The van der Waals surface area contributed by atoms with Gasteiger partial charge in [-0.05, 0) is 0 Å². The minimum absolute atomic E-state index is 0.0274. The summed E-state index contributed by atoms with van der Waals surface area (Å²) in [5, 5.41) is 16.9. The highest BCUT2D eigenvalue weighted by Gasteiger charge is 2.05. The molecule has 0 aromatic heterocycles. The third-order valence-electron chi connectivity index (χ3n) is 0.795. The van der Waals surface area contributed by atoms with E-state index in [2.05, 4.69) is 11.3 Å². The van der Waals surface area contributed by atoms with Crippen molar-refractivity contribution < 1.29 is 19.7 Å². The van der Waals surface area contributed by atoms with E-state index in [0.29, 0.717) is 0 Å². The van der Waals surface area contributed by atoms with Crippen LogP contribution in [-0.4, -0.2) is 29.1 Å². The molecule has 0 saturated carbocycles. The highest BCUT2D eigenvalue weighted by Crippen LogP contribution is 1.93. The molecule has 58 valence electrons. The van der Waals surface area contributed by atoms with Crippen molar-refractivity contribution in [2.24, 2.45) is 0 Å². The monoisotopic (exact) mass is 146 g/mol. The van der Waals surface area contributed by atoms with Gasteiger partial charge >= 0.3 is 5.97 Å². The Morgan fingerprint density at radius 3 is 2.80 bits per heavy atom. The summed E-state index contributed by atoms with van der Waals surface area (Å²) in [6, 6.07) is 0. The second-order valence-corrected chi connectivity index (χ2v) is 1.61. The van der Waals surface area contributed by atoms with Gasteiger partial charge in [-0.2, -0.15) is 0 Å². The van der Waals surface area contributed by atoms with Gasteiger partial charge in [-0.3, -0.25) is 0 Å². The average molecular weight is 146 g/mol. The zero-order valence-electron chi connectivity index (χ0n) is 5.49. The lowest BCUT2D eigenvalue weighted by molar-refractivity contribution is -0.163. The second-order valence-electron chi connectivity index (χ2n) is 1.61. The molecule has 0 radical (unpaired) electrons. The third kappa shape index (κ3) is 4.05. The molecule has 4 nitrogen and oxygen atoms in total. The molecule has 0 aliphatic heterocycles. The number of rotatable bonds is 4. The Morgan fingerprint density at radius 2 is 2.40 bits per heavy atom. The minimum Gasteiger partial charge on any atom is -0.433 e. The van der Waals surface area contributed by atoms with Crippen LogP contribution < -0.4 is 0 Å². The van der Waals surface area contributed by atoms with E-state index < -0.39 is 12.3 Å². The van der Waals surface area contributed by atoms with Crippen LogP contribution >= 0.6 is 0 Å². The SMILES string of the molecule is C=CC(=O)OC(O)CCO. The fraction of sp³-hybridized carbons (Fsp3) is 0.500.